The fourth-order valence-electron chi connectivity index (χ4n) is 1.56. The highest BCUT2D eigenvalue weighted by atomic mass is 35.5. The summed E-state index contributed by atoms with van der Waals surface area (Å²) < 4.78 is 24.1. The van der Waals surface area contributed by atoms with E-state index in [1.54, 1.807) is 30.6 Å². The predicted octanol–water partition coefficient (Wildman–Crippen LogP) is 2.75. The summed E-state index contributed by atoms with van der Waals surface area (Å²) in [7, 11) is -3.26. The molecular weight excluding hydrogens is 270 g/mol. The average molecular weight is 282 g/mol. The number of aromatic nitrogens is 1. The fourth-order valence-corrected chi connectivity index (χ4v) is 2.97. The van der Waals surface area contributed by atoms with Crippen molar-refractivity contribution in [2.24, 2.45) is 0 Å². The Morgan fingerprint density at radius 3 is 2.44 bits per heavy atom. The van der Waals surface area contributed by atoms with E-state index in [0.717, 1.165) is 5.56 Å². The van der Waals surface area contributed by atoms with Gasteiger partial charge >= 0.3 is 0 Å². The van der Waals surface area contributed by atoms with Gasteiger partial charge in [0.2, 0.25) is 0 Å². The molecule has 0 atom stereocenters. The number of pyridine rings is 1. The van der Waals surface area contributed by atoms with Gasteiger partial charge in [0.05, 0.1) is 10.6 Å². The molecule has 0 N–H and O–H groups in total. The Labute approximate surface area is 111 Å². The highest BCUT2D eigenvalue weighted by molar-refractivity contribution is 7.91. The van der Waals surface area contributed by atoms with E-state index in [1.807, 2.05) is 6.07 Å². The van der Waals surface area contributed by atoms with E-state index in [4.69, 9.17) is 11.6 Å². The largest absolute Gasteiger partial charge is 0.264 e. The zero-order valence-corrected chi connectivity index (χ0v) is 11.2. The maximum atomic E-state index is 12.1. The second-order valence-electron chi connectivity index (χ2n) is 3.88. The molecule has 2 rings (SSSR count). The van der Waals surface area contributed by atoms with Crippen molar-refractivity contribution in [2.75, 3.05) is 5.75 Å². The predicted molar refractivity (Wildman–Crippen MR) is 71.4 cm³/mol. The monoisotopic (exact) mass is 281 g/mol. The molecule has 94 valence electrons. The first-order valence-electron chi connectivity index (χ1n) is 5.45. The SMILES string of the molecule is O=S(=O)(CCc1cccnc1)c1ccc(Cl)cc1. The van der Waals surface area contributed by atoms with E-state index < -0.39 is 9.84 Å². The topological polar surface area (TPSA) is 47.0 Å². The summed E-state index contributed by atoms with van der Waals surface area (Å²) in [6, 6.07) is 9.88. The second kappa shape index (κ2) is 5.50. The van der Waals surface area contributed by atoms with Crippen LogP contribution in [-0.2, 0) is 16.3 Å². The van der Waals surface area contributed by atoms with Crippen molar-refractivity contribution >= 4 is 21.4 Å². The molecule has 3 nitrogen and oxygen atoms in total. The van der Waals surface area contributed by atoms with Gasteiger partial charge in [-0.1, -0.05) is 17.7 Å². The molecule has 0 radical (unpaired) electrons. The zero-order chi connectivity index (χ0) is 13.0. The van der Waals surface area contributed by atoms with Crippen molar-refractivity contribution in [3.63, 3.8) is 0 Å². The summed E-state index contributed by atoms with van der Waals surface area (Å²) >= 11 is 5.73. The lowest BCUT2D eigenvalue weighted by Gasteiger charge is -2.04. The van der Waals surface area contributed by atoms with E-state index in [1.165, 1.54) is 12.1 Å². The minimum atomic E-state index is -3.26. The summed E-state index contributed by atoms with van der Waals surface area (Å²) in [5.74, 6) is 0.0698. The number of hydrogen-bond acceptors (Lipinski definition) is 3. The van der Waals surface area contributed by atoms with E-state index in [-0.39, 0.29) is 5.75 Å². The molecule has 1 aromatic carbocycles. The lowest BCUT2D eigenvalue weighted by atomic mass is 10.2. The van der Waals surface area contributed by atoms with Crippen LogP contribution in [0.15, 0.2) is 53.7 Å². The Morgan fingerprint density at radius 1 is 1.11 bits per heavy atom. The van der Waals surface area contributed by atoms with Crippen LogP contribution in [0.2, 0.25) is 5.02 Å². The number of nitrogens with zero attached hydrogens (tertiary/aromatic N) is 1. The highest BCUT2D eigenvalue weighted by Gasteiger charge is 2.14. The van der Waals surface area contributed by atoms with Crippen molar-refractivity contribution in [1.82, 2.24) is 4.98 Å². The van der Waals surface area contributed by atoms with E-state index in [2.05, 4.69) is 4.98 Å². The molecule has 0 saturated carbocycles. The molecule has 1 heterocycles. The van der Waals surface area contributed by atoms with Gasteiger partial charge in [-0.3, -0.25) is 4.98 Å². The van der Waals surface area contributed by atoms with Crippen LogP contribution < -0.4 is 0 Å². The standard InChI is InChI=1S/C13H12ClNO2S/c14-12-3-5-13(6-4-12)18(16,17)9-7-11-2-1-8-15-10-11/h1-6,8,10H,7,9H2. The van der Waals surface area contributed by atoms with Gasteiger partial charge in [-0.25, -0.2) is 8.42 Å². The van der Waals surface area contributed by atoms with Crippen LogP contribution in [0.25, 0.3) is 0 Å². The first-order chi connectivity index (χ1) is 8.58. The number of aryl methyl sites for hydroxylation is 1. The number of sulfone groups is 1. The molecule has 2 aromatic rings. The van der Waals surface area contributed by atoms with Crippen molar-refractivity contribution in [1.29, 1.82) is 0 Å². The van der Waals surface area contributed by atoms with Gasteiger partial charge in [0.25, 0.3) is 0 Å². The van der Waals surface area contributed by atoms with Crippen LogP contribution in [0.4, 0.5) is 0 Å². The van der Waals surface area contributed by atoms with E-state index in [9.17, 15) is 8.42 Å². The number of benzene rings is 1. The molecular formula is C13H12ClNO2S. The summed E-state index contributed by atoms with van der Waals surface area (Å²) in [6.07, 6.45) is 3.80. The van der Waals surface area contributed by atoms with Crippen molar-refractivity contribution in [3.05, 3.63) is 59.4 Å². The van der Waals surface area contributed by atoms with Crippen LogP contribution >= 0.6 is 11.6 Å². The van der Waals surface area contributed by atoms with E-state index >= 15 is 0 Å². The molecule has 0 aliphatic heterocycles. The molecule has 0 saturated heterocycles. The average Bonchev–Trinajstić information content (AvgIpc) is 2.38. The smallest absolute Gasteiger partial charge is 0.178 e. The quantitative estimate of drug-likeness (QED) is 0.866. The fraction of sp³-hybridized carbons (Fsp3) is 0.154. The van der Waals surface area contributed by atoms with Gasteiger partial charge in [0.15, 0.2) is 9.84 Å². The van der Waals surface area contributed by atoms with Crippen LogP contribution in [-0.4, -0.2) is 19.2 Å². The lowest BCUT2D eigenvalue weighted by molar-refractivity contribution is 0.595. The van der Waals surface area contributed by atoms with Crippen LogP contribution in [0.3, 0.4) is 0 Å². The number of rotatable bonds is 4. The normalized spacial score (nSPS) is 11.4. The first-order valence-corrected chi connectivity index (χ1v) is 7.48. The molecule has 1 aromatic heterocycles. The van der Waals surface area contributed by atoms with E-state index in [0.29, 0.717) is 16.3 Å². The number of hydrogen-bond donors (Lipinski definition) is 0. The third kappa shape index (κ3) is 3.31. The van der Waals surface area contributed by atoms with Gasteiger partial charge in [0.1, 0.15) is 0 Å². The first kappa shape index (κ1) is 13.1. The van der Waals surface area contributed by atoms with Crippen molar-refractivity contribution in [2.45, 2.75) is 11.3 Å². The summed E-state index contributed by atoms with van der Waals surface area (Å²) in [6.45, 7) is 0. The molecule has 0 amide bonds. The van der Waals surface area contributed by atoms with Gasteiger partial charge in [-0.2, -0.15) is 0 Å². The summed E-state index contributed by atoms with van der Waals surface area (Å²) in [5, 5.41) is 0.529. The van der Waals surface area contributed by atoms with Crippen LogP contribution in [0.1, 0.15) is 5.56 Å². The van der Waals surface area contributed by atoms with Crippen LogP contribution in [0, 0.1) is 0 Å². The van der Waals surface area contributed by atoms with Gasteiger partial charge < -0.3 is 0 Å². The second-order valence-corrected chi connectivity index (χ2v) is 6.43. The summed E-state index contributed by atoms with van der Waals surface area (Å²) in [4.78, 5) is 4.26. The molecule has 18 heavy (non-hydrogen) atoms. The molecule has 0 aliphatic rings. The third-order valence-corrected chi connectivity index (χ3v) is 4.54. The Hall–Kier alpha value is -1.39. The zero-order valence-electron chi connectivity index (χ0n) is 9.58. The Balaban J connectivity index is 2.11. The molecule has 5 heteroatoms. The molecule has 0 spiro atoms. The minimum absolute atomic E-state index is 0.0698. The van der Waals surface area contributed by atoms with Gasteiger partial charge in [0, 0.05) is 17.4 Å². The Bertz CT molecular complexity index is 609. The minimum Gasteiger partial charge on any atom is -0.264 e. The maximum Gasteiger partial charge on any atom is 0.178 e. The Morgan fingerprint density at radius 2 is 1.83 bits per heavy atom. The molecule has 0 fully saturated rings. The highest BCUT2D eigenvalue weighted by Crippen LogP contribution is 2.16. The van der Waals surface area contributed by atoms with Crippen molar-refractivity contribution < 1.29 is 8.42 Å². The van der Waals surface area contributed by atoms with Crippen molar-refractivity contribution in [3.8, 4) is 0 Å². The maximum absolute atomic E-state index is 12.1. The number of halogens is 1. The van der Waals surface area contributed by atoms with Gasteiger partial charge in [-0.15, -0.1) is 0 Å². The lowest BCUT2D eigenvalue weighted by Crippen LogP contribution is -2.09. The third-order valence-electron chi connectivity index (χ3n) is 2.56. The summed E-state index contributed by atoms with van der Waals surface area (Å²) in [5.41, 5.74) is 0.912. The molecule has 0 unspecified atom stereocenters. The Kier molecular flexibility index (Phi) is 3.99. The van der Waals surface area contributed by atoms with Crippen LogP contribution in [0.5, 0.6) is 0 Å². The molecule has 0 aliphatic carbocycles. The molecule has 0 bridgehead atoms. The van der Waals surface area contributed by atoms with Gasteiger partial charge in [-0.05, 0) is 42.3 Å².